The van der Waals surface area contributed by atoms with Crippen molar-refractivity contribution in [3.8, 4) is 11.5 Å². The summed E-state index contributed by atoms with van der Waals surface area (Å²) < 4.78 is 17.0. The maximum atomic E-state index is 12.3. The van der Waals surface area contributed by atoms with E-state index in [-0.39, 0.29) is 12.1 Å². The molecule has 0 bridgehead atoms. The molecule has 2 heterocycles. The van der Waals surface area contributed by atoms with Crippen LogP contribution in [0.1, 0.15) is 21.6 Å². The van der Waals surface area contributed by atoms with Crippen molar-refractivity contribution >= 4 is 17.5 Å². The molecule has 0 saturated heterocycles. The molecule has 9 nitrogen and oxygen atoms in total. The molecular formula is C19H20N4O5. The fraction of sp³-hybridized carbons (Fsp3) is 0.263. The third-order valence-electron chi connectivity index (χ3n) is 4.05. The van der Waals surface area contributed by atoms with Crippen molar-refractivity contribution in [2.75, 3.05) is 20.8 Å². The van der Waals surface area contributed by atoms with E-state index in [1.54, 1.807) is 44.6 Å². The van der Waals surface area contributed by atoms with Crippen molar-refractivity contribution in [2.45, 2.75) is 13.5 Å². The Hall–Kier alpha value is -3.62. The van der Waals surface area contributed by atoms with Crippen LogP contribution in [0.15, 0.2) is 36.7 Å². The van der Waals surface area contributed by atoms with Crippen LogP contribution in [-0.2, 0) is 16.1 Å². The molecule has 1 aromatic carbocycles. The van der Waals surface area contributed by atoms with Gasteiger partial charge in [0, 0.05) is 18.9 Å². The summed E-state index contributed by atoms with van der Waals surface area (Å²) >= 11 is 0. The fourth-order valence-corrected chi connectivity index (χ4v) is 2.68. The summed E-state index contributed by atoms with van der Waals surface area (Å²) in [5, 5.41) is 6.89. The van der Waals surface area contributed by atoms with E-state index in [0.29, 0.717) is 22.8 Å². The first kappa shape index (κ1) is 19.2. The van der Waals surface area contributed by atoms with Gasteiger partial charge in [-0.3, -0.25) is 4.79 Å². The number of nitrogens with zero attached hydrogens (tertiary/aromatic N) is 3. The van der Waals surface area contributed by atoms with Crippen molar-refractivity contribution in [3.05, 3.63) is 53.5 Å². The molecule has 3 aromatic rings. The fourth-order valence-electron chi connectivity index (χ4n) is 2.68. The topological polar surface area (TPSA) is 104 Å². The summed E-state index contributed by atoms with van der Waals surface area (Å²) in [6.07, 6.45) is 3.24. The van der Waals surface area contributed by atoms with Crippen molar-refractivity contribution in [1.29, 1.82) is 0 Å². The summed E-state index contributed by atoms with van der Waals surface area (Å²) in [5.41, 5.74) is 1.93. The van der Waals surface area contributed by atoms with Gasteiger partial charge in [0.05, 0.1) is 19.9 Å². The summed E-state index contributed by atoms with van der Waals surface area (Å²) in [7, 11) is 3.09. The number of aryl methyl sites for hydroxylation is 1. The Morgan fingerprint density at radius 3 is 2.71 bits per heavy atom. The largest absolute Gasteiger partial charge is 0.493 e. The second kappa shape index (κ2) is 8.38. The van der Waals surface area contributed by atoms with Crippen LogP contribution in [0, 0.1) is 6.92 Å². The van der Waals surface area contributed by atoms with Crippen LogP contribution in [0.5, 0.6) is 11.5 Å². The molecular weight excluding hydrogens is 364 g/mol. The van der Waals surface area contributed by atoms with Crippen molar-refractivity contribution in [2.24, 2.45) is 0 Å². The molecule has 28 heavy (non-hydrogen) atoms. The number of fused-ring (bicyclic) bond motifs is 1. The number of esters is 1. The highest BCUT2D eigenvalue weighted by Crippen LogP contribution is 2.27. The van der Waals surface area contributed by atoms with E-state index in [4.69, 9.17) is 14.2 Å². The van der Waals surface area contributed by atoms with E-state index in [2.05, 4.69) is 15.4 Å². The summed E-state index contributed by atoms with van der Waals surface area (Å²) in [6.45, 7) is 1.53. The molecule has 3 rings (SSSR count). The molecule has 0 aliphatic heterocycles. The van der Waals surface area contributed by atoms with Gasteiger partial charge in [0.2, 0.25) is 0 Å². The molecule has 0 aliphatic carbocycles. The first-order valence-corrected chi connectivity index (χ1v) is 8.48. The molecule has 0 atom stereocenters. The Morgan fingerprint density at radius 1 is 1.18 bits per heavy atom. The molecule has 0 unspecified atom stereocenters. The van der Waals surface area contributed by atoms with Crippen molar-refractivity contribution < 1.29 is 23.8 Å². The van der Waals surface area contributed by atoms with Gasteiger partial charge in [0.1, 0.15) is 5.56 Å². The standard InChI is InChI=1S/C19H20N4O5/c1-12-17(18-20-7-4-8-23(18)22-12)19(25)28-11-16(24)21-10-13-5-6-14(26-2)15(9-13)27-3/h4-9H,10-11H2,1-3H3,(H,21,24). The second-order valence-electron chi connectivity index (χ2n) is 5.89. The number of nitrogens with one attached hydrogen (secondary N) is 1. The number of methoxy groups -OCH3 is 2. The Balaban J connectivity index is 1.57. The average molecular weight is 384 g/mol. The summed E-state index contributed by atoms with van der Waals surface area (Å²) in [4.78, 5) is 28.5. The van der Waals surface area contributed by atoms with Gasteiger partial charge in [-0.1, -0.05) is 6.07 Å². The highest BCUT2D eigenvalue weighted by Gasteiger charge is 2.20. The van der Waals surface area contributed by atoms with Gasteiger partial charge in [0.25, 0.3) is 5.91 Å². The smallest absolute Gasteiger partial charge is 0.344 e. The number of ether oxygens (including phenoxy) is 3. The highest BCUT2D eigenvalue weighted by atomic mass is 16.5. The first-order chi connectivity index (χ1) is 13.5. The molecule has 9 heteroatoms. The predicted octanol–water partition coefficient (Wildman–Crippen LogP) is 1.53. The molecule has 2 aromatic heterocycles. The third kappa shape index (κ3) is 4.03. The second-order valence-corrected chi connectivity index (χ2v) is 5.89. The first-order valence-electron chi connectivity index (χ1n) is 8.48. The number of carbonyl (C=O) groups is 2. The SMILES string of the molecule is COc1ccc(CNC(=O)COC(=O)c2c(C)nn3cccnc23)cc1OC. The number of hydrogen-bond acceptors (Lipinski definition) is 7. The van der Waals surface area contributed by atoms with Gasteiger partial charge >= 0.3 is 5.97 Å². The lowest BCUT2D eigenvalue weighted by Crippen LogP contribution is -2.28. The van der Waals surface area contributed by atoms with Gasteiger partial charge in [-0.25, -0.2) is 14.3 Å². The van der Waals surface area contributed by atoms with Crippen molar-refractivity contribution in [3.63, 3.8) is 0 Å². The Bertz CT molecular complexity index is 1010. The van der Waals surface area contributed by atoms with Crippen LogP contribution in [0.3, 0.4) is 0 Å². The quantitative estimate of drug-likeness (QED) is 0.616. The maximum Gasteiger partial charge on any atom is 0.344 e. The van der Waals surface area contributed by atoms with Crippen LogP contribution >= 0.6 is 0 Å². The van der Waals surface area contributed by atoms with Gasteiger partial charge in [-0.15, -0.1) is 0 Å². The maximum absolute atomic E-state index is 12.3. The monoisotopic (exact) mass is 384 g/mol. The number of rotatable bonds is 7. The van der Waals surface area contributed by atoms with Gasteiger partial charge in [-0.05, 0) is 30.7 Å². The molecule has 0 saturated carbocycles. The lowest BCUT2D eigenvalue weighted by Gasteiger charge is -2.10. The van der Waals surface area contributed by atoms with Crippen LogP contribution in [0.4, 0.5) is 0 Å². The minimum absolute atomic E-state index is 0.244. The minimum Gasteiger partial charge on any atom is -0.493 e. The van der Waals surface area contributed by atoms with E-state index in [0.717, 1.165) is 5.56 Å². The van der Waals surface area contributed by atoms with E-state index in [9.17, 15) is 9.59 Å². The van der Waals surface area contributed by atoms with Crippen LogP contribution < -0.4 is 14.8 Å². The van der Waals surface area contributed by atoms with Crippen LogP contribution in [-0.4, -0.2) is 47.3 Å². The zero-order valence-corrected chi connectivity index (χ0v) is 15.8. The zero-order chi connectivity index (χ0) is 20.1. The number of aromatic nitrogens is 3. The number of carbonyl (C=O) groups excluding carboxylic acids is 2. The van der Waals surface area contributed by atoms with Gasteiger partial charge in [-0.2, -0.15) is 5.10 Å². The Kier molecular flexibility index (Phi) is 5.73. The predicted molar refractivity (Wildman–Crippen MR) is 99.4 cm³/mol. The van der Waals surface area contributed by atoms with E-state index >= 15 is 0 Å². The number of amides is 1. The van der Waals surface area contributed by atoms with E-state index < -0.39 is 18.5 Å². The lowest BCUT2D eigenvalue weighted by atomic mass is 10.2. The van der Waals surface area contributed by atoms with E-state index in [1.807, 2.05) is 6.07 Å². The van der Waals surface area contributed by atoms with Crippen LogP contribution in [0.25, 0.3) is 5.65 Å². The van der Waals surface area contributed by atoms with Crippen LogP contribution in [0.2, 0.25) is 0 Å². The van der Waals surface area contributed by atoms with Crippen molar-refractivity contribution in [1.82, 2.24) is 19.9 Å². The normalized spacial score (nSPS) is 10.5. The third-order valence-corrected chi connectivity index (χ3v) is 4.05. The summed E-state index contributed by atoms with van der Waals surface area (Å²) in [5.74, 6) is 0.0957. The average Bonchev–Trinajstić information content (AvgIpc) is 3.05. The van der Waals surface area contributed by atoms with Gasteiger partial charge in [0.15, 0.2) is 23.8 Å². The van der Waals surface area contributed by atoms with Gasteiger partial charge < -0.3 is 19.5 Å². The molecule has 0 fully saturated rings. The molecule has 0 radical (unpaired) electrons. The lowest BCUT2D eigenvalue weighted by molar-refractivity contribution is -0.124. The van der Waals surface area contributed by atoms with E-state index in [1.165, 1.54) is 11.6 Å². The molecule has 1 amide bonds. The highest BCUT2D eigenvalue weighted by molar-refractivity contribution is 5.98. The molecule has 0 spiro atoms. The number of hydrogen-bond donors (Lipinski definition) is 1. The molecule has 0 aliphatic rings. The Morgan fingerprint density at radius 2 is 1.96 bits per heavy atom. The number of benzene rings is 1. The summed E-state index contributed by atoms with van der Waals surface area (Å²) in [6, 6.07) is 7.03. The molecule has 146 valence electrons. The Labute approximate surface area is 161 Å². The zero-order valence-electron chi connectivity index (χ0n) is 15.8. The molecule has 1 N–H and O–H groups in total. The minimum atomic E-state index is -0.646.